The van der Waals surface area contributed by atoms with E-state index in [1.54, 1.807) is 14.2 Å². The Kier molecular flexibility index (Phi) is 5.05. The first-order valence-electron chi connectivity index (χ1n) is 6.94. The summed E-state index contributed by atoms with van der Waals surface area (Å²) in [6.45, 7) is 2.72. The highest BCUT2D eigenvalue weighted by atomic mass is 16.5. The SMILES string of the molecule is COc1cccc(CN2CCCCC2CN)c1OC. The molecule has 4 heteroatoms. The van der Waals surface area contributed by atoms with Crippen molar-refractivity contribution in [1.29, 1.82) is 0 Å². The van der Waals surface area contributed by atoms with Gasteiger partial charge in [0.25, 0.3) is 0 Å². The molecule has 1 saturated heterocycles. The summed E-state index contributed by atoms with van der Waals surface area (Å²) in [7, 11) is 3.36. The van der Waals surface area contributed by atoms with Gasteiger partial charge in [0.05, 0.1) is 14.2 Å². The summed E-state index contributed by atoms with van der Waals surface area (Å²) in [6.07, 6.45) is 3.74. The molecular formula is C15H24N2O2. The molecule has 19 heavy (non-hydrogen) atoms. The van der Waals surface area contributed by atoms with Crippen LogP contribution in [0.25, 0.3) is 0 Å². The lowest BCUT2D eigenvalue weighted by Gasteiger charge is -2.35. The molecule has 0 saturated carbocycles. The van der Waals surface area contributed by atoms with E-state index in [9.17, 15) is 0 Å². The largest absolute Gasteiger partial charge is 0.493 e. The van der Waals surface area contributed by atoms with E-state index in [1.165, 1.54) is 24.8 Å². The molecule has 1 aromatic rings. The number of hydrogen-bond donors (Lipinski definition) is 1. The molecule has 106 valence electrons. The second kappa shape index (κ2) is 6.78. The van der Waals surface area contributed by atoms with Crippen molar-refractivity contribution in [3.63, 3.8) is 0 Å². The topological polar surface area (TPSA) is 47.7 Å². The molecule has 4 nitrogen and oxygen atoms in total. The molecule has 2 rings (SSSR count). The van der Waals surface area contributed by atoms with Crippen molar-refractivity contribution in [3.8, 4) is 11.5 Å². The lowest BCUT2D eigenvalue weighted by molar-refractivity contribution is 0.143. The summed E-state index contributed by atoms with van der Waals surface area (Å²) < 4.78 is 10.8. The summed E-state index contributed by atoms with van der Waals surface area (Å²) in [5, 5.41) is 0. The minimum Gasteiger partial charge on any atom is -0.493 e. The van der Waals surface area contributed by atoms with Crippen LogP contribution >= 0.6 is 0 Å². The minimum absolute atomic E-state index is 0.490. The maximum absolute atomic E-state index is 5.88. The average Bonchev–Trinajstić information content (AvgIpc) is 2.47. The number of nitrogens with two attached hydrogens (primary N) is 1. The van der Waals surface area contributed by atoms with Crippen LogP contribution in [0.4, 0.5) is 0 Å². The van der Waals surface area contributed by atoms with Crippen LogP contribution in [0, 0.1) is 0 Å². The summed E-state index contributed by atoms with van der Waals surface area (Å²) in [4.78, 5) is 2.46. The zero-order chi connectivity index (χ0) is 13.7. The Morgan fingerprint density at radius 2 is 2.11 bits per heavy atom. The Balaban J connectivity index is 2.17. The molecule has 1 aliphatic heterocycles. The molecule has 0 radical (unpaired) electrons. The zero-order valence-electron chi connectivity index (χ0n) is 11.9. The third-order valence-electron chi connectivity index (χ3n) is 3.88. The highest BCUT2D eigenvalue weighted by molar-refractivity contribution is 5.46. The molecule has 1 unspecified atom stereocenters. The Morgan fingerprint density at radius 1 is 1.26 bits per heavy atom. The lowest BCUT2D eigenvalue weighted by atomic mass is 10.0. The van der Waals surface area contributed by atoms with Gasteiger partial charge in [0.1, 0.15) is 0 Å². The van der Waals surface area contributed by atoms with E-state index in [4.69, 9.17) is 15.2 Å². The summed E-state index contributed by atoms with van der Waals surface area (Å²) in [5.74, 6) is 1.63. The van der Waals surface area contributed by atoms with Gasteiger partial charge in [-0.2, -0.15) is 0 Å². The third kappa shape index (κ3) is 3.19. The molecule has 1 aliphatic rings. The first kappa shape index (κ1) is 14.2. The second-order valence-electron chi connectivity index (χ2n) is 5.01. The van der Waals surface area contributed by atoms with Crippen molar-refractivity contribution in [2.75, 3.05) is 27.3 Å². The van der Waals surface area contributed by atoms with E-state index in [1.807, 2.05) is 12.1 Å². The fraction of sp³-hybridized carbons (Fsp3) is 0.600. The van der Waals surface area contributed by atoms with Gasteiger partial charge in [0, 0.05) is 24.7 Å². The Hall–Kier alpha value is -1.26. The van der Waals surface area contributed by atoms with Crippen LogP contribution in [-0.2, 0) is 6.54 Å². The van der Waals surface area contributed by atoms with Gasteiger partial charge in [-0.15, -0.1) is 0 Å². The number of hydrogen-bond acceptors (Lipinski definition) is 4. The molecule has 1 fully saturated rings. The maximum atomic E-state index is 5.88. The van der Waals surface area contributed by atoms with Gasteiger partial charge in [0.2, 0.25) is 0 Å². The smallest absolute Gasteiger partial charge is 0.165 e. The van der Waals surface area contributed by atoms with E-state index < -0.39 is 0 Å². The number of rotatable bonds is 5. The highest BCUT2D eigenvalue weighted by Crippen LogP contribution is 2.32. The molecule has 1 aromatic carbocycles. The fourth-order valence-corrected chi connectivity index (χ4v) is 2.83. The van der Waals surface area contributed by atoms with Crippen LogP contribution in [-0.4, -0.2) is 38.3 Å². The van der Waals surface area contributed by atoms with Gasteiger partial charge >= 0.3 is 0 Å². The number of piperidine rings is 1. The zero-order valence-corrected chi connectivity index (χ0v) is 11.9. The summed E-state index contributed by atoms with van der Waals surface area (Å²) >= 11 is 0. The van der Waals surface area contributed by atoms with Crippen molar-refractivity contribution >= 4 is 0 Å². The van der Waals surface area contributed by atoms with Crippen LogP contribution in [0.3, 0.4) is 0 Å². The number of likely N-dealkylation sites (tertiary alicyclic amines) is 1. The Morgan fingerprint density at radius 3 is 2.79 bits per heavy atom. The molecule has 0 spiro atoms. The van der Waals surface area contributed by atoms with Gasteiger partial charge in [-0.1, -0.05) is 18.6 Å². The molecule has 2 N–H and O–H groups in total. The molecular weight excluding hydrogens is 240 g/mol. The first-order chi connectivity index (χ1) is 9.30. The fourth-order valence-electron chi connectivity index (χ4n) is 2.83. The number of nitrogens with zero attached hydrogens (tertiary/aromatic N) is 1. The van der Waals surface area contributed by atoms with Crippen molar-refractivity contribution < 1.29 is 9.47 Å². The Labute approximate surface area is 115 Å². The predicted octanol–water partition coefficient (Wildman–Crippen LogP) is 2.02. The van der Waals surface area contributed by atoms with E-state index >= 15 is 0 Å². The average molecular weight is 264 g/mol. The van der Waals surface area contributed by atoms with Crippen molar-refractivity contribution in [2.24, 2.45) is 5.73 Å². The molecule has 1 heterocycles. The molecule has 1 atom stereocenters. The minimum atomic E-state index is 0.490. The standard InChI is InChI=1S/C15H24N2O2/c1-18-14-8-5-6-12(15(14)19-2)11-17-9-4-3-7-13(17)10-16/h5-6,8,13H,3-4,7,9-11,16H2,1-2H3. The highest BCUT2D eigenvalue weighted by Gasteiger charge is 2.22. The van der Waals surface area contributed by atoms with Crippen LogP contribution in [0.5, 0.6) is 11.5 Å². The molecule has 0 amide bonds. The first-order valence-corrected chi connectivity index (χ1v) is 6.94. The number of ether oxygens (including phenoxy) is 2. The van der Waals surface area contributed by atoms with Crippen molar-refractivity contribution in [2.45, 2.75) is 31.8 Å². The summed E-state index contributed by atoms with van der Waals surface area (Å²) in [6, 6.07) is 6.53. The van der Waals surface area contributed by atoms with Crippen LogP contribution in [0.1, 0.15) is 24.8 Å². The quantitative estimate of drug-likeness (QED) is 0.884. The second-order valence-corrected chi connectivity index (χ2v) is 5.01. The van der Waals surface area contributed by atoms with E-state index in [0.717, 1.165) is 31.1 Å². The van der Waals surface area contributed by atoms with Gasteiger partial charge in [0.15, 0.2) is 11.5 Å². The summed E-state index contributed by atoms with van der Waals surface area (Å²) in [5.41, 5.74) is 7.05. The number of para-hydroxylation sites is 1. The van der Waals surface area contributed by atoms with Gasteiger partial charge in [-0.25, -0.2) is 0 Å². The monoisotopic (exact) mass is 264 g/mol. The van der Waals surface area contributed by atoms with Crippen molar-refractivity contribution in [1.82, 2.24) is 4.90 Å². The molecule has 0 aromatic heterocycles. The van der Waals surface area contributed by atoms with E-state index in [0.29, 0.717) is 6.04 Å². The van der Waals surface area contributed by atoms with Crippen LogP contribution in [0.15, 0.2) is 18.2 Å². The molecule has 0 bridgehead atoms. The van der Waals surface area contributed by atoms with Crippen molar-refractivity contribution in [3.05, 3.63) is 23.8 Å². The van der Waals surface area contributed by atoms with Gasteiger partial charge in [-0.05, 0) is 25.5 Å². The molecule has 0 aliphatic carbocycles. The van der Waals surface area contributed by atoms with E-state index in [-0.39, 0.29) is 0 Å². The van der Waals surface area contributed by atoms with Gasteiger partial charge in [-0.3, -0.25) is 4.90 Å². The van der Waals surface area contributed by atoms with Crippen LogP contribution < -0.4 is 15.2 Å². The normalized spacial score (nSPS) is 20.3. The van der Waals surface area contributed by atoms with E-state index in [2.05, 4.69) is 11.0 Å². The predicted molar refractivity (Wildman–Crippen MR) is 76.6 cm³/mol. The third-order valence-corrected chi connectivity index (χ3v) is 3.88. The van der Waals surface area contributed by atoms with Gasteiger partial charge < -0.3 is 15.2 Å². The number of methoxy groups -OCH3 is 2. The number of benzene rings is 1. The lowest BCUT2D eigenvalue weighted by Crippen LogP contribution is -2.43. The maximum Gasteiger partial charge on any atom is 0.165 e. The van der Waals surface area contributed by atoms with Crippen LogP contribution in [0.2, 0.25) is 0 Å². The Bertz CT molecular complexity index is 409.